The maximum Gasteiger partial charge on any atom is 0.0900 e. The normalized spacial score (nSPS) is 12.1. The van der Waals surface area contributed by atoms with Crippen LogP contribution >= 0.6 is 11.3 Å². The van der Waals surface area contributed by atoms with Gasteiger partial charge in [0.1, 0.15) is 0 Å². The van der Waals surface area contributed by atoms with Crippen LogP contribution in [-0.4, -0.2) is 18.1 Å². The zero-order valence-electron chi connectivity index (χ0n) is 9.84. The van der Waals surface area contributed by atoms with Gasteiger partial charge >= 0.3 is 0 Å². The summed E-state index contributed by atoms with van der Waals surface area (Å²) in [5.41, 5.74) is 1.45. The highest BCUT2D eigenvalue weighted by atomic mass is 32.1. The summed E-state index contributed by atoms with van der Waals surface area (Å²) in [6.07, 6.45) is 6.51. The minimum atomic E-state index is 1.00. The third kappa shape index (κ3) is 4.58. The smallest absolute Gasteiger partial charge is 0.0900 e. The van der Waals surface area contributed by atoms with Crippen molar-refractivity contribution in [3.63, 3.8) is 0 Å². The molecule has 0 spiro atoms. The first-order valence-electron chi connectivity index (χ1n) is 5.58. The maximum absolute atomic E-state index is 4.25. The van der Waals surface area contributed by atoms with E-state index < -0.39 is 0 Å². The number of hydrogen-bond acceptors (Lipinski definition) is 3. The average Bonchev–Trinajstić information content (AvgIpc) is 2.63. The van der Waals surface area contributed by atoms with Crippen molar-refractivity contribution in [1.82, 2.24) is 10.3 Å². The first-order valence-corrected chi connectivity index (χ1v) is 6.40. The largest absolute Gasteiger partial charge is 0.313 e. The molecule has 1 aromatic heterocycles. The predicted molar refractivity (Wildman–Crippen MR) is 68.3 cm³/mol. The topological polar surface area (TPSA) is 24.9 Å². The first-order chi connectivity index (χ1) is 7.26. The van der Waals surface area contributed by atoms with Crippen LogP contribution in [0.5, 0.6) is 0 Å². The van der Waals surface area contributed by atoms with E-state index in [1.54, 1.807) is 11.3 Å². The van der Waals surface area contributed by atoms with Gasteiger partial charge in [0, 0.05) is 17.6 Å². The molecule has 0 fully saturated rings. The average molecular weight is 224 g/mol. The van der Waals surface area contributed by atoms with E-state index in [-0.39, 0.29) is 0 Å². The molecule has 1 rings (SSSR count). The Bertz CT molecular complexity index is 315. The summed E-state index contributed by atoms with van der Waals surface area (Å²) in [6, 6.07) is 0. The van der Waals surface area contributed by atoms with Gasteiger partial charge in [0.2, 0.25) is 0 Å². The number of hydrogen-bond donors (Lipinski definition) is 1. The molecule has 0 atom stereocenters. The Hall–Kier alpha value is -0.670. The Morgan fingerprint density at radius 3 is 2.87 bits per heavy atom. The third-order valence-electron chi connectivity index (χ3n) is 2.22. The summed E-state index contributed by atoms with van der Waals surface area (Å²) in [6.45, 7) is 8.53. The number of aromatic nitrogens is 1. The van der Waals surface area contributed by atoms with Gasteiger partial charge in [-0.05, 0) is 32.4 Å². The Balaban J connectivity index is 2.53. The highest BCUT2D eigenvalue weighted by Gasteiger charge is 1.98. The molecule has 0 unspecified atom stereocenters. The summed E-state index contributed by atoms with van der Waals surface area (Å²) < 4.78 is 0. The minimum Gasteiger partial charge on any atom is -0.313 e. The lowest BCUT2D eigenvalue weighted by atomic mass is 10.2. The van der Waals surface area contributed by atoms with Crippen LogP contribution in [0.15, 0.2) is 11.8 Å². The molecule has 0 aliphatic heterocycles. The van der Waals surface area contributed by atoms with E-state index in [2.05, 4.69) is 30.2 Å². The summed E-state index contributed by atoms with van der Waals surface area (Å²) in [7, 11) is 0. The molecule has 1 N–H and O–H groups in total. The van der Waals surface area contributed by atoms with Gasteiger partial charge < -0.3 is 5.32 Å². The molecule has 1 heterocycles. The van der Waals surface area contributed by atoms with E-state index in [9.17, 15) is 0 Å². The number of rotatable bonds is 6. The van der Waals surface area contributed by atoms with Crippen molar-refractivity contribution in [3.05, 3.63) is 21.7 Å². The van der Waals surface area contributed by atoms with Crippen LogP contribution in [0.25, 0.3) is 6.08 Å². The van der Waals surface area contributed by atoms with Crippen LogP contribution in [0.3, 0.4) is 0 Å². The zero-order chi connectivity index (χ0) is 11.1. The second-order valence-electron chi connectivity index (χ2n) is 3.61. The molecular weight excluding hydrogens is 204 g/mol. The van der Waals surface area contributed by atoms with Crippen molar-refractivity contribution >= 4 is 17.4 Å². The molecule has 3 heteroatoms. The molecule has 84 valence electrons. The third-order valence-corrected chi connectivity index (χ3v) is 3.08. The molecule has 0 amide bonds. The van der Waals surface area contributed by atoms with Gasteiger partial charge in [-0.1, -0.05) is 19.4 Å². The summed E-state index contributed by atoms with van der Waals surface area (Å²) in [5, 5.41) is 4.57. The van der Waals surface area contributed by atoms with Crippen molar-refractivity contribution in [2.24, 2.45) is 0 Å². The molecule has 0 saturated heterocycles. The highest BCUT2D eigenvalue weighted by Crippen LogP contribution is 2.16. The Kier molecular flexibility index (Phi) is 5.58. The van der Waals surface area contributed by atoms with Crippen LogP contribution in [0, 0.1) is 6.92 Å². The van der Waals surface area contributed by atoms with Gasteiger partial charge in [-0.15, -0.1) is 11.3 Å². The van der Waals surface area contributed by atoms with Crippen molar-refractivity contribution in [2.45, 2.75) is 33.6 Å². The lowest BCUT2D eigenvalue weighted by Gasteiger charge is -2.05. The molecule has 0 radical (unpaired) electrons. The Morgan fingerprint density at radius 2 is 2.33 bits per heavy atom. The Morgan fingerprint density at radius 1 is 1.53 bits per heavy atom. The maximum atomic E-state index is 4.25. The number of thiazole rings is 1. The number of nitrogens with zero attached hydrogens (tertiary/aromatic N) is 1. The monoisotopic (exact) mass is 224 g/mol. The fourth-order valence-corrected chi connectivity index (χ4v) is 2.13. The first kappa shape index (κ1) is 12.4. The highest BCUT2D eigenvalue weighted by molar-refractivity contribution is 7.12. The van der Waals surface area contributed by atoms with Gasteiger partial charge in [0.15, 0.2) is 0 Å². The summed E-state index contributed by atoms with van der Waals surface area (Å²) in [5.74, 6) is 0. The zero-order valence-corrected chi connectivity index (χ0v) is 10.7. The second-order valence-corrected chi connectivity index (χ2v) is 4.88. The quantitative estimate of drug-likeness (QED) is 0.750. The molecule has 0 aliphatic rings. The number of nitrogens with one attached hydrogen (secondary N) is 1. The fraction of sp³-hybridized carbons (Fsp3) is 0.583. The molecule has 1 aromatic rings. The number of aryl methyl sites for hydroxylation is 1. The van der Waals surface area contributed by atoms with E-state index in [1.807, 2.05) is 13.1 Å². The minimum absolute atomic E-state index is 1.00. The van der Waals surface area contributed by atoms with Crippen LogP contribution in [-0.2, 0) is 0 Å². The summed E-state index contributed by atoms with van der Waals surface area (Å²) in [4.78, 5) is 5.52. The van der Waals surface area contributed by atoms with Crippen LogP contribution in [0.4, 0.5) is 0 Å². The lowest BCUT2D eigenvalue weighted by Crippen LogP contribution is -2.17. The van der Waals surface area contributed by atoms with Crippen LogP contribution in [0.2, 0.25) is 0 Å². The molecule has 0 aliphatic carbocycles. The van der Waals surface area contributed by atoms with E-state index >= 15 is 0 Å². The van der Waals surface area contributed by atoms with E-state index in [4.69, 9.17) is 0 Å². The van der Waals surface area contributed by atoms with Crippen molar-refractivity contribution in [3.8, 4) is 0 Å². The van der Waals surface area contributed by atoms with Crippen molar-refractivity contribution in [2.75, 3.05) is 13.1 Å². The van der Waals surface area contributed by atoms with Gasteiger partial charge in [-0.25, -0.2) is 4.98 Å². The molecule has 0 saturated carbocycles. The van der Waals surface area contributed by atoms with Crippen molar-refractivity contribution in [1.29, 1.82) is 0 Å². The summed E-state index contributed by atoms with van der Waals surface area (Å²) >= 11 is 1.76. The Labute approximate surface area is 96.4 Å². The van der Waals surface area contributed by atoms with E-state index in [1.165, 1.54) is 16.9 Å². The van der Waals surface area contributed by atoms with Crippen molar-refractivity contribution < 1.29 is 0 Å². The lowest BCUT2D eigenvalue weighted by molar-refractivity contribution is 0.706. The second kappa shape index (κ2) is 6.75. The SMILES string of the molecule is CCCNCC(=Cc1cnc(C)s1)CC. The predicted octanol–water partition coefficient (Wildman–Crippen LogP) is 3.24. The van der Waals surface area contributed by atoms with Gasteiger partial charge in [0.25, 0.3) is 0 Å². The van der Waals surface area contributed by atoms with Crippen LogP contribution < -0.4 is 5.32 Å². The molecule has 15 heavy (non-hydrogen) atoms. The molecule has 2 nitrogen and oxygen atoms in total. The van der Waals surface area contributed by atoms with Gasteiger partial charge in [0.05, 0.1) is 5.01 Å². The fourth-order valence-electron chi connectivity index (χ4n) is 1.35. The van der Waals surface area contributed by atoms with Gasteiger partial charge in [-0.2, -0.15) is 0 Å². The van der Waals surface area contributed by atoms with Crippen LogP contribution in [0.1, 0.15) is 36.6 Å². The molecule has 0 aromatic carbocycles. The van der Waals surface area contributed by atoms with E-state index in [0.717, 1.165) is 24.5 Å². The molecule has 0 bridgehead atoms. The standard InChI is InChI=1S/C12H20N2S/c1-4-6-13-8-11(5-2)7-12-9-14-10(3)15-12/h7,9,13H,4-6,8H2,1-3H3. The molecular formula is C12H20N2S. The van der Waals surface area contributed by atoms with Gasteiger partial charge in [-0.3, -0.25) is 0 Å². The van der Waals surface area contributed by atoms with E-state index in [0.29, 0.717) is 0 Å².